The Morgan fingerprint density at radius 2 is 1.59 bits per heavy atom. The molecule has 27 heavy (non-hydrogen) atoms. The fraction of sp³-hybridized carbons (Fsp3) is 0.333. The van der Waals surface area contributed by atoms with Crippen molar-refractivity contribution in [2.24, 2.45) is 0 Å². The highest BCUT2D eigenvalue weighted by Crippen LogP contribution is 2.22. The van der Waals surface area contributed by atoms with E-state index in [0.717, 1.165) is 0 Å². The highest BCUT2D eigenvalue weighted by atomic mass is 35.5. The van der Waals surface area contributed by atoms with E-state index in [0.29, 0.717) is 37.8 Å². The summed E-state index contributed by atoms with van der Waals surface area (Å²) in [6.45, 7) is 1.98. The highest BCUT2D eigenvalue weighted by Gasteiger charge is 2.26. The Morgan fingerprint density at radius 1 is 1.00 bits per heavy atom. The largest absolute Gasteiger partial charge is 0.490 e. The minimum atomic E-state index is -3.52. The maximum absolute atomic E-state index is 13.1. The van der Waals surface area contributed by atoms with Crippen LogP contribution >= 0.6 is 11.6 Å². The molecule has 0 aliphatic carbocycles. The molecule has 1 heterocycles. The molecular formula is C18H19ClFNO5S. The van der Waals surface area contributed by atoms with Crippen LogP contribution in [0.1, 0.15) is 0 Å². The lowest BCUT2D eigenvalue weighted by molar-refractivity contribution is 0.0730. The van der Waals surface area contributed by atoms with Gasteiger partial charge in [0.2, 0.25) is 10.0 Å². The molecule has 0 radical (unpaired) electrons. The van der Waals surface area contributed by atoms with Crippen molar-refractivity contribution in [3.8, 4) is 11.5 Å². The molecule has 0 N–H and O–H groups in total. The molecule has 1 fully saturated rings. The number of ether oxygens (including phenoxy) is 3. The summed E-state index contributed by atoms with van der Waals surface area (Å²) in [6, 6.07) is 10.3. The maximum atomic E-state index is 13.1. The van der Waals surface area contributed by atoms with Crippen molar-refractivity contribution < 1.29 is 27.0 Å². The van der Waals surface area contributed by atoms with Crippen molar-refractivity contribution >= 4 is 21.6 Å². The summed E-state index contributed by atoms with van der Waals surface area (Å²) < 4.78 is 55.7. The second kappa shape index (κ2) is 8.88. The minimum Gasteiger partial charge on any atom is -0.490 e. The van der Waals surface area contributed by atoms with Crippen molar-refractivity contribution in [1.29, 1.82) is 0 Å². The van der Waals surface area contributed by atoms with Gasteiger partial charge in [0.05, 0.1) is 23.1 Å². The van der Waals surface area contributed by atoms with Gasteiger partial charge in [-0.05, 0) is 36.4 Å². The van der Waals surface area contributed by atoms with Crippen LogP contribution < -0.4 is 9.47 Å². The number of hydrogen-bond donors (Lipinski definition) is 0. The molecule has 1 aliphatic rings. The lowest BCUT2D eigenvalue weighted by Gasteiger charge is -2.26. The quantitative estimate of drug-likeness (QED) is 0.650. The van der Waals surface area contributed by atoms with Crippen LogP contribution in [-0.2, 0) is 14.8 Å². The fourth-order valence-corrected chi connectivity index (χ4v) is 4.11. The Morgan fingerprint density at radius 3 is 2.22 bits per heavy atom. The molecule has 0 atom stereocenters. The lowest BCUT2D eigenvalue weighted by Crippen LogP contribution is -2.40. The number of morpholine rings is 1. The van der Waals surface area contributed by atoms with E-state index >= 15 is 0 Å². The number of rotatable bonds is 7. The molecule has 0 saturated carbocycles. The van der Waals surface area contributed by atoms with Gasteiger partial charge in [-0.1, -0.05) is 11.6 Å². The molecule has 2 aromatic carbocycles. The van der Waals surface area contributed by atoms with Crippen LogP contribution in [0.15, 0.2) is 47.4 Å². The first-order valence-electron chi connectivity index (χ1n) is 8.35. The zero-order valence-corrected chi connectivity index (χ0v) is 16.0. The normalized spacial score (nSPS) is 15.5. The summed E-state index contributed by atoms with van der Waals surface area (Å²) >= 11 is 5.68. The van der Waals surface area contributed by atoms with Crippen LogP contribution in [-0.4, -0.2) is 52.2 Å². The third-order valence-corrected chi connectivity index (χ3v) is 6.15. The number of hydrogen-bond acceptors (Lipinski definition) is 5. The fourth-order valence-electron chi connectivity index (χ4n) is 2.53. The first-order chi connectivity index (χ1) is 13.0. The van der Waals surface area contributed by atoms with Gasteiger partial charge in [0.1, 0.15) is 30.5 Å². The van der Waals surface area contributed by atoms with Gasteiger partial charge in [-0.25, -0.2) is 12.8 Å². The lowest BCUT2D eigenvalue weighted by atomic mass is 10.3. The van der Waals surface area contributed by atoms with Crippen LogP contribution in [0.5, 0.6) is 11.5 Å². The molecular weight excluding hydrogens is 397 g/mol. The third-order valence-electron chi connectivity index (χ3n) is 3.94. The predicted octanol–water partition coefficient (Wildman–Crippen LogP) is 2.96. The summed E-state index contributed by atoms with van der Waals surface area (Å²) in [7, 11) is -3.52. The molecule has 3 rings (SSSR count). The Labute approximate surface area is 162 Å². The molecule has 0 unspecified atom stereocenters. The van der Waals surface area contributed by atoms with Crippen LogP contribution in [0.4, 0.5) is 4.39 Å². The van der Waals surface area contributed by atoms with Crippen LogP contribution in [0.25, 0.3) is 0 Å². The van der Waals surface area contributed by atoms with E-state index in [2.05, 4.69) is 0 Å². The van der Waals surface area contributed by atoms with E-state index in [1.807, 2.05) is 0 Å². The number of nitrogens with zero attached hydrogens (tertiary/aromatic N) is 1. The van der Waals surface area contributed by atoms with Crippen LogP contribution in [0.3, 0.4) is 0 Å². The SMILES string of the molecule is O=S(=O)(c1ccc(OCCOc2ccc(F)c(Cl)c2)cc1)N1CCOCC1. The topological polar surface area (TPSA) is 65.1 Å². The molecule has 0 spiro atoms. The van der Waals surface area contributed by atoms with E-state index < -0.39 is 15.8 Å². The zero-order valence-electron chi connectivity index (χ0n) is 14.4. The zero-order chi connectivity index (χ0) is 19.3. The molecule has 1 saturated heterocycles. The van der Waals surface area contributed by atoms with Crippen molar-refractivity contribution in [3.63, 3.8) is 0 Å². The average Bonchev–Trinajstić information content (AvgIpc) is 2.69. The molecule has 9 heteroatoms. The molecule has 1 aliphatic heterocycles. The maximum Gasteiger partial charge on any atom is 0.243 e. The van der Waals surface area contributed by atoms with Gasteiger partial charge in [-0.3, -0.25) is 0 Å². The average molecular weight is 416 g/mol. The van der Waals surface area contributed by atoms with Gasteiger partial charge in [0.25, 0.3) is 0 Å². The molecule has 0 amide bonds. The highest BCUT2D eigenvalue weighted by molar-refractivity contribution is 7.89. The summed E-state index contributed by atoms with van der Waals surface area (Å²) in [5.74, 6) is 0.459. The number of sulfonamides is 1. The molecule has 2 aromatic rings. The Hall–Kier alpha value is -1.87. The van der Waals surface area contributed by atoms with Gasteiger partial charge < -0.3 is 14.2 Å². The summed E-state index contributed by atoms with van der Waals surface area (Å²) in [6.07, 6.45) is 0. The van der Waals surface area contributed by atoms with Crippen LogP contribution in [0, 0.1) is 5.82 Å². The number of benzene rings is 2. The molecule has 146 valence electrons. The third kappa shape index (κ3) is 5.10. The Balaban J connectivity index is 1.51. The monoisotopic (exact) mass is 415 g/mol. The van der Waals surface area contributed by atoms with Gasteiger partial charge >= 0.3 is 0 Å². The van der Waals surface area contributed by atoms with Gasteiger partial charge in [0.15, 0.2) is 0 Å². The molecule has 0 bridgehead atoms. The number of halogens is 2. The van der Waals surface area contributed by atoms with E-state index in [1.165, 1.54) is 34.6 Å². The van der Waals surface area contributed by atoms with Gasteiger partial charge in [-0.15, -0.1) is 0 Å². The minimum absolute atomic E-state index is 0.00881. The van der Waals surface area contributed by atoms with E-state index in [-0.39, 0.29) is 23.1 Å². The van der Waals surface area contributed by atoms with Crippen molar-refractivity contribution in [2.45, 2.75) is 4.90 Å². The first-order valence-corrected chi connectivity index (χ1v) is 10.2. The smallest absolute Gasteiger partial charge is 0.243 e. The molecule has 6 nitrogen and oxygen atoms in total. The predicted molar refractivity (Wildman–Crippen MR) is 98.4 cm³/mol. The van der Waals surface area contributed by atoms with Crippen molar-refractivity contribution in [2.75, 3.05) is 39.5 Å². The van der Waals surface area contributed by atoms with E-state index in [4.69, 9.17) is 25.8 Å². The Bertz CT molecular complexity index is 870. The molecule has 0 aromatic heterocycles. The first kappa shape index (κ1) is 19.9. The van der Waals surface area contributed by atoms with E-state index in [1.54, 1.807) is 12.1 Å². The van der Waals surface area contributed by atoms with Gasteiger partial charge in [0, 0.05) is 19.2 Å². The van der Waals surface area contributed by atoms with Crippen molar-refractivity contribution in [1.82, 2.24) is 4.31 Å². The van der Waals surface area contributed by atoms with E-state index in [9.17, 15) is 12.8 Å². The van der Waals surface area contributed by atoms with Crippen molar-refractivity contribution in [3.05, 3.63) is 53.3 Å². The summed E-state index contributed by atoms with van der Waals surface area (Å²) in [5, 5.41) is -0.00881. The van der Waals surface area contributed by atoms with Crippen LogP contribution in [0.2, 0.25) is 5.02 Å². The van der Waals surface area contributed by atoms with Gasteiger partial charge in [-0.2, -0.15) is 4.31 Å². The second-order valence-electron chi connectivity index (χ2n) is 5.76. The second-order valence-corrected chi connectivity index (χ2v) is 8.11. The summed E-state index contributed by atoms with van der Waals surface area (Å²) in [4.78, 5) is 0.217. The summed E-state index contributed by atoms with van der Waals surface area (Å²) in [5.41, 5.74) is 0. The Kier molecular flexibility index (Phi) is 6.54. The standard InChI is InChI=1S/C18H19ClFNO5S/c19-17-13-15(3-6-18(17)20)26-12-11-25-14-1-4-16(5-2-14)27(22,23)21-7-9-24-10-8-21/h1-6,13H,7-12H2.